The molecule has 1 amide bonds. The Morgan fingerprint density at radius 2 is 1.64 bits per heavy atom. The third-order valence-corrected chi connectivity index (χ3v) is 4.64. The fraction of sp³-hybridized carbons (Fsp3) is 0.381. The molecule has 0 unspecified atom stereocenters. The van der Waals surface area contributed by atoms with Gasteiger partial charge in [-0.3, -0.25) is 0 Å². The second-order valence-electron chi connectivity index (χ2n) is 6.98. The predicted molar refractivity (Wildman–Crippen MR) is 98.5 cm³/mol. The van der Waals surface area contributed by atoms with Crippen molar-refractivity contribution < 1.29 is 14.6 Å². The maximum Gasteiger partial charge on any atom is 0.407 e. The van der Waals surface area contributed by atoms with Gasteiger partial charge in [-0.25, -0.2) is 4.79 Å². The number of aliphatic hydroxyl groups is 1. The van der Waals surface area contributed by atoms with Crippen molar-refractivity contribution in [2.24, 2.45) is 5.92 Å². The lowest BCUT2D eigenvalue weighted by atomic mass is 9.98. The van der Waals surface area contributed by atoms with E-state index in [4.69, 9.17) is 4.74 Å². The van der Waals surface area contributed by atoms with E-state index in [1.165, 1.54) is 22.3 Å². The van der Waals surface area contributed by atoms with E-state index < -0.39 is 6.09 Å². The van der Waals surface area contributed by atoms with Crippen LogP contribution in [0.2, 0.25) is 0 Å². The summed E-state index contributed by atoms with van der Waals surface area (Å²) in [5, 5.41) is 12.2. The first kappa shape index (κ1) is 17.5. The minimum absolute atomic E-state index is 0.0517. The highest BCUT2D eigenvalue weighted by Crippen LogP contribution is 2.44. The summed E-state index contributed by atoms with van der Waals surface area (Å²) in [5.74, 6) is 0.446. The van der Waals surface area contributed by atoms with E-state index in [-0.39, 0.29) is 18.6 Å². The van der Waals surface area contributed by atoms with Crippen molar-refractivity contribution >= 4 is 6.09 Å². The smallest absolute Gasteiger partial charge is 0.407 e. The van der Waals surface area contributed by atoms with E-state index in [2.05, 4.69) is 43.4 Å². The summed E-state index contributed by atoms with van der Waals surface area (Å²) in [4.78, 5) is 12.1. The summed E-state index contributed by atoms with van der Waals surface area (Å²) in [5.41, 5.74) is 4.80. The Morgan fingerprint density at radius 3 is 2.16 bits per heavy atom. The third-order valence-electron chi connectivity index (χ3n) is 4.64. The van der Waals surface area contributed by atoms with Crippen molar-refractivity contribution in [3.63, 3.8) is 0 Å². The molecule has 2 N–H and O–H groups in total. The highest BCUT2D eigenvalue weighted by Gasteiger charge is 2.29. The summed E-state index contributed by atoms with van der Waals surface area (Å²) in [6, 6.07) is 16.2. The molecular weight excluding hydrogens is 314 g/mol. The Kier molecular flexibility index (Phi) is 5.39. The van der Waals surface area contributed by atoms with E-state index >= 15 is 0 Å². The molecule has 0 saturated heterocycles. The quantitative estimate of drug-likeness (QED) is 0.838. The van der Waals surface area contributed by atoms with Crippen molar-refractivity contribution in [1.82, 2.24) is 5.32 Å². The molecule has 1 aliphatic rings. The van der Waals surface area contributed by atoms with Gasteiger partial charge in [0, 0.05) is 5.92 Å². The van der Waals surface area contributed by atoms with Crippen molar-refractivity contribution in [1.29, 1.82) is 0 Å². The van der Waals surface area contributed by atoms with Crippen LogP contribution >= 0.6 is 0 Å². The van der Waals surface area contributed by atoms with E-state index in [0.717, 1.165) is 6.42 Å². The zero-order valence-corrected chi connectivity index (χ0v) is 14.7. The van der Waals surface area contributed by atoms with Crippen molar-refractivity contribution in [3.8, 4) is 11.1 Å². The van der Waals surface area contributed by atoms with Crippen LogP contribution in [-0.4, -0.2) is 30.5 Å². The summed E-state index contributed by atoms with van der Waals surface area (Å²) in [7, 11) is 0. The van der Waals surface area contributed by atoms with Gasteiger partial charge in [0.1, 0.15) is 6.61 Å². The molecule has 1 aliphatic carbocycles. The predicted octanol–water partition coefficient (Wildman–Crippen LogP) is 3.93. The first-order valence-corrected chi connectivity index (χ1v) is 8.82. The standard InChI is InChI=1S/C21H25NO3/c1-14(2)11-15(12-23)22-21(24)25-13-20-18-9-5-3-7-16(18)17-8-4-6-10-19(17)20/h3-10,14-15,20,23H,11-13H2,1-2H3,(H,22,24)/t15-/m1/s1. The topological polar surface area (TPSA) is 58.6 Å². The van der Waals surface area contributed by atoms with Crippen LogP contribution in [-0.2, 0) is 4.74 Å². The molecule has 25 heavy (non-hydrogen) atoms. The highest BCUT2D eigenvalue weighted by molar-refractivity contribution is 5.79. The normalized spacial score (nSPS) is 14.1. The molecule has 0 aliphatic heterocycles. The Balaban J connectivity index is 1.68. The number of nitrogens with one attached hydrogen (secondary N) is 1. The van der Waals surface area contributed by atoms with Gasteiger partial charge in [-0.1, -0.05) is 62.4 Å². The van der Waals surface area contributed by atoms with E-state index in [1.54, 1.807) is 0 Å². The molecule has 0 saturated carbocycles. The molecule has 132 valence electrons. The number of hydrogen-bond donors (Lipinski definition) is 2. The molecule has 0 fully saturated rings. The van der Waals surface area contributed by atoms with Crippen LogP contribution in [0.3, 0.4) is 0 Å². The molecular formula is C21H25NO3. The zero-order chi connectivity index (χ0) is 17.8. The molecule has 3 rings (SSSR count). The average molecular weight is 339 g/mol. The van der Waals surface area contributed by atoms with Crippen molar-refractivity contribution in [2.45, 2.75) is 32.2 Å². The van der Waals surface area contributed by atoms with Crippen LogP contribution in [0.1, 0.15) is 37.3 Å². The van der Waals surface area contributed by atoms with Gasteiger partial charge in [0.05, 0.1) is 12.6 Å². The molecule has 1 atom stereocenters. The number of carbonyl (C=O) groups excluding carboxylic acids is 1. The minimum atomic E-state index is -0.471. The average Bonchev–Trinajstić information content (AvgIpc) is 2.93. The molecule has 2 aromatic carbocycles. The number of fused-ring (bicyclic) bond motifs is 3. The lowest BCUT2D eigenvalue weighted by Gasteiger charge is -2.19. The van der Waals surface area contributed by atoms with Gasteiger partial charge in [-0.2, -0.15) is 0 Å². The van der Waals surface area contributed by atoms with E-state index in [9.17, 15) is 9.90 Å². The SMILES string of the molecule is CC(C)C[C@H](CO)NC(=O)OCC1c2ccccc2-c2ccccc21. The van der Waals surface area contributed by atoms with Crippen molar-refractivity contribution in [3.05, 3.63) is 59.7 Å². The van der Waals surface area contributed by atoms with Gasteiger partial charge in [0.15, 0.2) is 0 Å². The Hall–Kier alpha value is -2.33. The molecule has 0 bridgehead atoms. The number of hydrogen-bond acceptors (Lipinski definition) is 3. The largest absolute Gasteiger partial charge is 0.449 e. The van der Waals surface area contributed by atoms with Gasteiger partial charge in [-0.15, -0.1) is 0 Å². The fourth-order valence-electron chi connectivity index (χ4n) is 3.55. The van der Waals surface area contributed by atoms with Gasteiger partial charge in [-0.05, 0) is 34.6 Å². The first-order chi connectivity index (χ1) is 12.1. The van der Waals surface area contributed by atoms with Gasteiger partial charge in [0.25, 0.3) is 0 Å². The molecule has 0 radical (unpaired) electrons. The highest BCUT2D eigenvalue weighted by atomic mass is 16.5. The second kappa shape index (κ2) is 7.70. The van der Waals surface area contributed by atoms with E-state index in [1.807, 2.05) is 24.3 Å². The fourth-order valence-corrected chi connectivity index (χ4v) is 3.55. The number of aliphatic hydroxyl groups excluding tert-OH is 1. The molecule has 0 aromatic heterocycles. The summed E-state index contributed by atoms with van der Waals surface area (Å²) in [6.45, 7) is 4.33. The van der Waals surface area contributed by atoms with Crippen LogP contribution in [0.4, 0.5) is 4.79 Å². The molecule has 2 aromatic rings. The van der Waals surface area contributed by atoms with Crippen LogP contribution in [0.15, 0.2) is 48.5 Å². The number of carbonyl (C=O) groups is 1. The molecule has 4 heteroatoms. The first-order valence-electron chi connectivity index (χ1n) is 8.82. The van der Waals surface area contributed by atoms with Crippen molar-refractivity contribution in [2.75, 3.05) is 13.2 Å². The van der Waals surface area contributed by atoms with Gasteiger partial charge >= 0.3 is 6.09 Å². The Bertz CT molecular complexity index is 696. The molecule has 4 nitrogen and oxygen atoms in total. The minimum Gasteiger partial charge on any atom is -0.449 e. The van der Waals surface area contributed by atoms with Crippen LogP contribution in [0.5, 0.6) is 0 Å². The third kappa shape index (κ3) is 3.85. The monoisotopic (exact) mass is 339 g/mol. The number of rotatable bonds is 6. The summed E-state index contributed by atoms with van der Waals surface area (Å²) < 4.78 is 5.49. The zero-order valence-electron chi connectivity index (χ0n) is 14.7. The van der Waals surface area contributed by atoms with Gasteiger partial charge in [0.2, 0.25) is 0 Å². The maximum atomic E-state index is 12.1. The van der Waals surface area contributed by atoms with Crippen LogP contribution in [0, 0.1) is 5.92 Å². The number of ether oxygens (including phenoxy) is 1. The van der Waals surface area contributed by atoms with E-state index in [0.29, 0.717) is 12.5 Å². The maximum absolute atomic E-state index is 12.1. The lowest BCUT2D eigenvalue weighted by molar-refractivity contribution is 0.129. The number of amides is 1. The lowest BCUT2D eigenvalue weighted by Crippen LogP contribution is -2.39. The Morgan fingerprint density at radius 1 is 1.08 bits per heavy atom. The second-order valence-corrected chi connectivity index (χ2v) is 6.98. The Labute approximate surface area is 148 Å². The van der Waals surface area contributed by atoms with Crippen LogP contribution in [0.25, 0.3) is 11.1 Å². The van der Waals surface area contributed by atoms with Gasteiger partial charge < -0.3 is 15.2 Å². The summed E-state index contributed by atoms with van der Waals surface area (Å²) in [6.07, 6.45) is 0.252. The summed E-state index contributed by atoms with van der Waals surface area (Å²) >= 11 is 0. The number of benzene rings is 2. The molecule has 0 heterocycles. The number of alkyl carbamates (subject to hydrolysis) is 1. The van der Waals surface area contributed by atoms with Crippen LogP contribution < -0.4 is 5.32 Å². The molecule has 0 spiro atoms.